The highest BCUT2D eigenvalue weighted by atomic mass is 19.1. The molecule has 4 rings (SSSR count). The number of carbonyl (C=O) groups excluding carboxylic acids is 2. The number of urea groups is 1. The lowest BCUT2D eigenvalue weighted by Gasteiger charge is -2.37. The van der Waals surface area contributed by atoms with E-state index in [4.69, 9.17) is 4.74 Å². The number of hydrogen-bond donors (Lipinski definition) is 2. The zero-order valence-electron chi connectivity index (χ0n) is 21.0. The van der Waals surface area contributed by atoms with Crippen molar-refractivity contribution in [3.63, 3.8) is 0 Å². The summed E-state index contributed by atoms with van der Waals surface area (Å²) in [6, 6.07) is 10.1. The zero-order chi connectivity index (χ0) is 26.5. The zero-order valence-corrected chi connectivity index (χ0v) is 21.0. The number of amides is 3. The van der Waals surface area contributed by atoms with Crippen molar-refractivity contribution < 1.29 is 23.8 Å². The van der Waals surface area contributed by atoms with E-state index in [1.54, 1.807) is 49.6 Å². The average molecular weight is 508 g/mol. The van der Waals surface area contributed by atoms with Crippen LogP contribution in [0.1, 0.15) is 24.2 Å². The van der Waals surface area contributed by atoms with Crippen LogP contribution in [0, 0.1) is 11.7 Å². The molecule has 2 N–H and O–H groups in total. The fraction of sp³-hybridized carbons (Fsp3) is 0.333. The molecule has 0 saturated carbocycles. The van der Waals surface area contributed by atoms with E-state index in [2.05, 4.69) is 15.3 Å². The van der Waals surface area contributed by atoms with Crippen LogP contribution in [0.15, 0.2) is 61.1 Å². The van der Waals surface area contributed by atoms with E-state index in [0.717, 1.165) is 5.56 Å². The van der Waals surface area contributed by atoms with E-state index < -0.39 is 18.0 Å². The normalized spacial score (nSPS) is 18.2. The van der Waals surface area contributed by atoms with Crippen molar-refractivity contribution in [3.8, 4) is 17.0 Å². The molecule has 1 aromatic carbocycles. The summed E-state index contributed by atoms with van der Waals surface area (Å²) in [5, 5.41) is 12.6. The molecule has 3 amide bonds. The van der Waals surface area contributed by atoms with Crippen LogP contribution in [-0.2, 0) is 0 Å². The molecule has 3 atom stereocenters. The van der Waals surface area contributed by atoms with Crippen LogP contribution >= 0.6 is 0 Å². The van der Waals surface area contributed by atoms with Crippen molar-refractivity contribution in [3.05, 3.63) is 72.4 Å². The minimum atomic E-state index is -0.499. The number of aromatic nitrogens is 2. The molecule has 2 aromatic heterocycles. The van der Waals surface area contributed by atoms with Gasteiger partial charge in [0, 0.05) is 54.9 Å². The number of aliphatic hydroxyl groups excluding tert-OH is 1. The molecule has 10 heteroatoms. The van der Waals surface area contributed by atoms with Crippen molar-refractivity contribution in [2.24, 2.45) is 5.92 Å². The third kappa shape index (κ3) is 6.03. The number of likely N-dealkylation sites (N-methyl/N-ethyl adjacent to an activating group) is 1. The van der Waals surface area contributed by atoms with Gasteiger partial charge >= 0.3 is 6.03 Å². The number of carbonyl (C=O) groups is 2. The van der Waals surface area contributed by atoms with Gasteiger partial charge in [-0.25, -0.2) is 14.2 Å². The average Bonchev–Trinajstić information content (AvgIpc) is 2.91. The van der Waals surface area contributed by atoms with Gasteiger partial charge in [-0.1, -0.05) is 13.0 Å². The molecule has 1 aliphatic rings. The summed E-state index contributed by atoms with van der Waals surface area (Å²) in [7, 11) is 1.63. The van der Waals surface area contributed by atoms with Gasteiger partial charge in [0.2, 0.25) is 5.88 Å². The smallest absolute Gasteiger partial charge is 0.321 e. The summed E-state index contributed by atoms with van der Waals surface area (Å²) < 4.78 is 19.4. The van der Waals surface area contributed by atoms with Crippen molar-refractivity contribution in [2.75, 3.05) is 32.1 Å². The molecule has 3 heterocycles. The van der Waals surface area contributed by atoms with Crippen molar-refractivity contribution in [1.82, 2.24) is 19.8 Å². The lowest BCUT2D eigenvalue weighted by Crippen LogP contribution is -2.50. The Bertz CT molecular complexity index is 1240. The highest BCUT2D eigenvalue weighted by Crippen LogP contribution is 2.30. The van der Waals surface area contributed by atoms with Crippen LogP contribution < -0.4 is 10.1 Å². The number of nitrogens with zero attached hydrogens (tertiary/aromatic N) is 4. The maximum absolute atomic E-state index is 13.6. The Hall–Kier alpha value is -4.05. The predicted octanol–water partition coefficient (Wildman–Crippen LogP) is 3.67. The van der Waals surface area contributed by atoms with E-state index in [9.17, 15) is 19.1 Å². The Kier molecular flexibility index (Phi) is 7.98. The lowest BCUT2D eigenvalue weighted by atomic mass is 9.99. The molecule has 1 aliphatic heterocycles. The number of nitrogens with one attached hydrogen (secondary N) is 1. The van der Waals surface area contributed by atoms with Gasteiger partial charge < -0.3 is 25.0 Å². The number of anilines is 1. The van der Waals surface area contributed by atoms with Crippen LogP contribution in [0.3, 0.4) is 0 Å². The minimum absolute atomic E-state index is 0.164. The number of aliphatic hydroxyl groups is 1. The van der Waals surface area contributed by atoms with Crippen LogP contribution in [0.5, 0.6) is 5.88 Å². The molecule has 3 aromatic rings. The highest BCUT2D eigenvalue weighted by molar-refractivity contribution is 5.98. The topological polar surface area (TPSA) is 108 Å². The highest BCUT2D eigenvalue weighted by Gasteiger charge is 2.34. The molecule has 0 radical (unpaired) electrons. The van der Waals surface area contributed by atoms with Gasteiger partial charge in [-0.3, -0.25) is 9.78 Å². The molecular weight excluding hydrogens is 477 g/mol. The fourth-order valence-corrected chi connectivity index (χ4v) is 4.12. The summed E-state index contributed by atoms with van der Waals surface area (Å²) in [4.78, 5) is 38.0. The van der Waals surface area contributed by atoms with Crippen LogP contribution in [0.25, 0.3) is 11.1 Å². The van der Waals surface area contributed by atoms with Crippen LogP contribution in [0.4, 0.5) is 14.9 Å². The maximum atomic E-state index is 13.6. The first kappa shape index (κ1) is 26.0. The number of pyridine rings is 2. The molecule has 37 heavy (non-hydrogen) atoms. The van der Waals surface area contributed by atoms with Crippen LogP contribution in [0.2, 0.25) is 0 Å². The van der Waals surface area contributed by atoms with Crippen LogP contribution in [-0.4, -0.2) is 75.7 Å². The minimum Gasteiger partial charge on any atom is -0.472 e. The Balaban J connectivity index is 1.61. The van der Waals surface area contributed by atoms with Crippen molar-refractivity contribution in [1.29, 1.82) is 0 Å². The van der Waals surface area contributed by atoms with E-state index in [1.807, 2.05) is 13.0 Å². The largest absolute Gasteiger partial charge is 0.472 e. The first-order valence-corrected chi connectivity index (χ1v) is 12.0. The van der Waals surface area contributed by atoms with E-state index in [1.165, 1.54) is 29.2 Å². The SMILES string of the molecule is C[C@H](CO)N1C[C@H](C)[C@@H](CN(C)C(=O)Nc2ccc(F)cc2)Oc2ncc(-c3cccnc3)cc2C1=O. The number of benzene rings is 1. The first-order chi connectivity index (χ1) is 17.8. The van der Waals surface area contributed by atoms with E-state index >= 15 is 0 Å². The van der Waals surface area contributed by atoms with Crippen molar-refractivity contribution >= 4 is 17.6 Å². The Labute approximate surface area is 214 Å². The third-order valence-corrected chi connectivity index (χ3v) is 6.41. The first-order valence-electron chi connectivity index (χ1n) is 12.0. The second-order valence-electron chi connectivity index (χ2n) is 9.26. The fourth-order valence-electron chi connectivity index (χ4n) is 4.12. The standard InChI is InChI=1S/C27H30FN5O4/c1-17-14-33(18(2)16-34)26(35)23-11-20(19-5-4-10-29-12-19)13-30-25(23)37-24(17)15-32(3)27(36)31-22-8-6-21(28)7-9-22/h4-13,17-18,24,34H,14-16H2,1-3H3,(H,31,36)/t17-,18+,24+/m0/s1. The van der Waals surface area contributed by atoms with Gasteiger partial charge in [0.15, 0.2) is 0 Å². The monoisotopic (exact) mass is 507 g/mol. The number of fused-ring (bicyclic) bond motifs is 1. The molecule has 194 valence electrons. The predicted molar refractivity (Wildman–Crippen MR) is 137 cm³/mol. The van der Waals surface area contributed by atoms with Gasteiger partial charge in [0.1, 0.15) is 17.5 Å². The lowest BCUT2D eigenvalue weighted by molar-refractivity contribution is 0.0356. The summed E-state index contributed by atoms with van der Waals surface area (Å²) >= 11 is 0. The molecule has 0 fully saturated rings. The summed E-state index contributed by atoms with van der Waals surface area (Å²) in [6.07, 6.45) is 4.47. The molecular formula is C27H30FN5O4. The Morgan fingerprint density at radius 1 is 1.27 bits per heavy atom. The van der Waals surface area contributed by atoms with E-state index in [0.29, 0.717) is 17.8 Å². The second-order valence-corrected chi connectivity index (χ2v) is 9.26. The Morgan fingerprint density at radius 2 is 2.03 bits per heavy atom. The second kappa shape index (κ2) is 11.3. The van der Waals surface area contributed by atoms with Crippen molar-refractivity contribution in [2.45, 2.75) is 26.0 Å². The van der Waals surface area contributed by atoms with Gasteiger partial charge in [-0.05, 0) is 43.3 Å². The Morgan fingerprint density at radius 3 is 2.70 bits per heavy atom. The summed E-state index contributed by atoms with van der Waals surface area (Å²) in [5.74, 6) is -0.705. The molecule has 0 bridgehead atoms. The molecule has 0 spiro atoms. The summed E-state index contributed by atoms with van der Waals surface area (Å²) in [6.45, 7) is 4.03. The van der Waals surface area contributed by atoms with Gasteiger partial charge in [0.25, 0.3) is 5.91 Å². The third-order valence-electron chi connectivity index (χ3n) is 6.41. The maximum Gasteiger partial charge on any atom is 0.321 e. The summed E-state index contributed by atoms with van der Waals surface area (Å²) in [5.41, 5.74) is 2.25. The molecule has 0 unspecified atom stereocenters. The molecule has 9 nitrogen and oxygen atoms in total. The molecule has 0 saturated heterocycles. The van der Waals surface area contributed by atoms with Gasteiger partial charge in [-0.15, -0.1) is 0 Å². The number of rotatable bonds is 6. The van der Waals surface area contributed by atoms with Gasteiger partial charge in [0.05, 0.1) is 19.2 Å². The number of ether oxygens (including phenoxy) is 1. The van der Waals surface area contributed by atoms with Gasteiger partial charge in [-0.2, -0.15) is 0 Å². The number of halogens is 1. The quantitative estimate of drug-likeness (QED) is 0.527. The van der Waals surface area contributed by atoms with E-state index in [-0.39, 0.29) is 42.5 Å². The molecule has 0 aliphatic carbocycles. The number of hydrogen-bond acceptors (Lipinski definition) is 6.